The lowest BCUT2D eigenvalue weighted by Gasteiger charge is -2.17. The fourth-order valence-electron chi connectivity index (χ4n) is 2.60. The van der Waals surface area contributed by atoms with E-state index in [1.807, 2.05) is 6.92 Å². The Kier molecular flexibility index (Phi) is 6.18. The number of ether oxygens (including phenoxy) is 1. The second kappa shape index (κ2) is 8.66. The van der Waals surface area contributed by atoms with Crippen LogP contribution in [0.15, 0.2) is 49.1 Å². The smallest absolute Gasteiger partial charge is 0.428 e. The maximum Gasteiger partial charge on any atom is 0.461 e. The van der Waals surface area contributed by atoms with Crippen molar-refractivity contribution in [2.45, 2.75) is 26.0 Å². The molecule has 1 aromatic heterocycles. The van der Waals surface area contributed by atoms with Crippen molar-refractivity contribution in [3.05, 3.63) is 66.3 Å². The number of benzene rings is 2. The second-order valence-corrected chi connectivity index (χ2v) is 6.25. The molecule has 1 heterocycles. The molecule has 0 saturated heterocycles. The van der Waals surface area contributed by atoms with Crippen LogP contribution in [0.4, 0.5) is 26.3 Å². The number of carbonyl (C=O) groups is 1. The third kappa shape index (κ3) is 4.95. The summed E-state index contributed by atoms with van der Waals surface area (Å²) in [5, 5.41) is 3.93. The van der Waals surface area contributed by atoms with Crippen molar-refractivity contribution in [2.24, 2.45) is 0 Å². The number of nitrogens with zero attached hydrogens (tertiary/aromatic N) is 3. The van der Waals surface area contributed by atoms with Crippen molar-refractivity contribution in [2.75, 3.05) is 5.43 Å². The van der Waals surface area contributed by atoms with Gasteiger partial charge in [-0.1, -0.05) is 12.1 Å². The molecule has 0 aliphatic rings. The summed E-state index contributed by atoms with van der Waals surface area (Å²) in [5.41, 5.74) is 1.46. The highest BCUT2D eigenvalue weighted by Crippen LogP contribution is 2.31. The molecule has 0 atom stereocenters. The minimum Gasteiger partial charge on any atom is -0.428 e. The van der Waals surface area contributed by atoms with Crippen LogP contribution in [-0.4, -0.2) is 28.2 Å². The van der Waals surface area contributed by atoms with Crippen molar-refractivity contribution >= 4 is 5.91 Å². The molecule has 0 unspecified atom stereocenters. The Bertz CT molecular complexity index is 1060. The molecule has 164 valence electrons. The van der Waals surface area contributed by atoms with E-state index in [0.717, 1.165) is 36.4 Å². The Morgan fingerprint density at radius 3 is 2.32 bits per heavy atom. The highest BCUT2D eigenvalue weighted by molar-refractivity contribution is 5.99. The number of aromatic nitrogens is 3. The molecule has 1 N–H and O–H groups in total. The number of amides is 1. The van der Waals surface area contributed by atoms with Crippen LogP contribution in [0.1, 0.15) is 17.3 Å². The summed E-state index contributed by atoms with van der Waals surface area (Å²) >= 11 is 0. The fourth-order valence-corrected chi connectivity index (χ4v) is 2.60. The summed E-state index contributed by atoms with van der Waals surface area (Å²) in [7, 11) is 0. The van der Waals surface area contributed by atoms with E-state index in [1.54, 1.807) is 0 Å². The van der Waals surface area contributed by atoms with Crippen LogP contribution < -0.4 is 14.8 Å². The Morgan fingerprint density at radius 2 is 1.81 bits per heavy atom. The van der Waals surface area contributed by atoms with Crippen LogP contribution in [0.5, 0.6) is 5.75 Å². The lowest BCUT2D eigenvalue weighted by atomic mass is 10.0. The van der Waals surface area contributed by atoms with Crippen LogP contribution in [0, 0.1) is 11.6 Å². The summed E-state index contributed by atoms with van der Waals surface area (Å²) in [5.74, 6) is -3.60. The van der Waals surface area contributed by atoms with E-state index in [-0.39, 0.29) is 11.1 Å². The SMILES string of the molecule is CCn1c[n+](NC(=O)c2cc(F)c(-c3ccc(OC(F)(F)C(F)F)cc3)c(F)c2)cn1. The van der Waals surface area contributed by atoms with Gasteiger partial charge < -0.3 is 4.74 Å². The minimum atomic E-state index is -4.71. The van der Waals surface area contributed by atoms with Crippen molar-refractivity contribution in [3.63, 3.8) is 0 Å². The summed E-state index contributed by atoms with van der Waals surface area (Å²) in [6.07, 6.45) is -6.00. The first kappa shape index (κ1) is 22.1. The largest absolute Gasteiger partial charge is 0.461 e. The monoisotopic (exact) mass is 445 g/mol. The Balaban J connectivity index is 1.81. The molecule has 0 bridgehead atoms. The third-order valence-electron chi connectivity index (χ3n) is 4.09. The van der Waals surface area contributed by atoms with Gasteiger partial charge in [0.25, 0.3) is 12.2 Å². The number of carbonyl (C=O) groups excluding carboxylic acids is 1. The molecule has 0 aliphatic heterocycles. The van der Waals surface area contributed by atoms with Gasteiger partial charge in [0.1, 0.15) is 23.9 Å². The van der Waals surface area contributed by atoms with Crippen LogP contribution >= 0.6 is 0 Å². The Hall–Kier alpha value is -3.57. The Labute approximate surface area is 171 Å². The first-order valence-electron chi connectivity index (χ1n) is 8.80. The van der Waals surface area contributed by atoms with Gasteiger partial charge in [-0.15, -0.1) is 9.36 Å². The average Bonchev–Trinajstić information content (AvgIpc) is 3.16. The fraction of sp³-hybridized carbons (Fsp3) is 0.211. The molecule has 2 aromatic carbocycles. The van der Waals surface area contributed by atoms with Crippen LogP contribution in [0.2, 0.25) is 0 Å². The third-order valence-corrected chi connectivity index (χ3v) is 4.09. The van der Waals surface area contributed by atoms with E-state index in [9.17, 15) is 31.1 Å². The van der Waals surface area contributed by atoms with Crippen molar-refractivity contribution in [1.29, 1.82) is 0 Å². The molecule has 3 rings (SSSR count). The number of halogens is 6. The lowest BCUT2D eigenvalue weighted by molar-refractivity contribution is -0.642. The predicted octanol–water partition coefficient (Wildman–Crippen LogP) is 3.76. The van der Waals surface area contributed by atoms with Gasteiger partial charge in [0.2, 0.25) is 6.33 Å². The van der Waals surface area contributed by atoms with E-state index in [4.69, 9.17) is 0 Å². The van der Waals surface area contributed by atoms with Gasteiger partial charge >= 0.3 is 12.5 Å². The van der Waals surface area contributed by atoms with E-state index in [1.165, 1.54) is 22.0 Å². The van der Waals surface area contributed by atoms with Gasteiger partial charge in [0.05, 0.1) is 5.56 Å². The highest BCUT2D eigenvalue weighted by atomic mass is 19.3. The topological polar surface area (TPSA) is 60.0 Å². The zero-order chi connectivity index (χ0) is 22.8. The molecule has 12 heteroatoms. The first-order valence-corrected chi connectivity index (χ1v) is 8.80. The number of alkyl halides is 4. The summed E-state index contributed by atoms with van der Waals surface area (Å²) in [4.78, 5) is 12.2. The van der Waals surface area contributed by atoms with E-state index >= 15 is 0 Å². The number of rotatable bonds is 7. The quantitative estimate of drug-likeness (QED) is 0.445. The number of hydrogen-bond acceptors (Lipinski definition) is 3. The molecule has 3 aromatic rings. The summed E-state index contributed by atoms with van der Waals surface area (Å²) in [6, 6.07) is 5.38. The molecule has 0 spiro atoms. The first-order chi connectivity index (χ1) is 14.6. The van der Waals surface area contributed by atoms with Crippen molar-refractivity contribution in [3.8, 4) is 16.9 Å². The molecule has 6 nitrogen and oxygen atoms in total. The highest BCUT2D eigenvalue weighted by Gasteiger charge is 2.43. The van der Waals surface area contributed by atoms with Crippen molar-refractivity contribution in [1.82, 2.24) is 9.78 Å². The zero-order valence-electron chi connectivity index (χ0n) is 15.8. The van der Waals surface area contributed by atoms with Gasteiger partial charge in [-0.05, 0) is 36.8 Å². The van der Waals surface area contributed by atoms with Crippen LogP contribution in [0.25, 0.3) is 11.1 Å². The van der Waals surface area contributed by atoms with E-state index in [2.05, 4.69) is 15.3 Å². The predicted molar refractivity (Wildman–Crippen MR) is 95.2 cm³/mol. The zero-order valence-corrected chi connectivity index (χ0v) is 15.8. The molecule has 0 radical (unpaired) electrons. The average molecular weight is 445 g/mol. The molecule has 1 amide bonds. The summed E-state index contributed by atoms with van der Waals surface area (Å²) in [6.45, 7) is 2.37. The van der Waals surface area contributed by atoms with Crippen LogP contribution in [0.3, 0.4) is 0 Å². The standard InChI is InChI=1S/C19H14F6N4O2/c1-2-28-10-29(9-26-28)27-17(30)12-7-14(20)16(15(21)8-12)11-3-5-13(6-4-11)31-19(24,25)18(22)23/h3-10,18H,2H2,1H3/p+1. The van der Waals surface area contributed by atoms with Crippen molar-refractivity contribution < 1.29 is 40.5 Å². The molecule has 0 saturated carbocycles. The van der Waals surface area contributed by atoms with Gasteiger partial charge in [0, 0.05) is 10.7 Å². The number of aryl methyl sites for hydroxylation is 1. The molecular formula is C19H15F6N4O2+. The van der Waals surface area contributed by atoms with Gasteiger partial charge in [-0.3, -0.25) is 4.79 Å². The van der Waals surface area contributed by atoms with Crippen LogP contribution in [-0.2, 0) is 6.54 Å². The lowest BCUT2D eigenvalue weighted by Crippen LogP contribution is -2.46. The normalized spacial score (nSPS) is 11.6. The van der Waals surface area contributed by atoms with Gasteiger partial charge in [-0.2, -0.15) is 17.6 Å². The molecule has 0 fully saturated rings. The molecule has 31 heavy (non-hydrogen) atoms. The maximum atomic E-state index is 14.5. The Morgan fingerprint density at radius 1 is 1.19 bits per heavy atom. The van der Waals surface area contributed by atoms with Gasteiger partial charge in [-0.25, -0.2) is 14.2 Å². The second-order valence-electron chi connectivity index (χ2n) is 6.25. The number of nitrogens with one attached hydrogen (secondary N) is 1. The van der Waals surface area contributed by atoms with E-state index in [0.29, 0.717) is 6.54 Å². The maximum absolute atomic E-state index is 14.5. The van der Waals surface area contributed by atoms with Gasteiger partial charge in [0.15, 0.2) is 0 Å². The van der Waals surface area contributed by atoms with E-state index < -0.39 is 41.4 Å². The molecular weight excluding hydrogens is 430 g/mol. The number of hydrogen-bond donors (Lipinski definition) is 1. The molecule has 0 aliphatic carbocycles. The minimum absolute atomic E-state index is 0.0757. The summed E-state index contributed by atoms with van der Waals surface area (Å²) < 4.78 is 86.0.